The zero-order chi connectivity index (χ0) is 21.1. The van der Waals surface area contributed by atoms with Gasteiger partial charge in [-0.3, -0.25) is 9.36 Å². The van der Waals surface area contributed by atoms with Crippen molar-refractivity contribution in [3.63, 3.8) is 0 Å². The third kappa shape index (κ3) is 7.97. The average molecular weight is 421 g/mol. The SMILES string of the molecule is CCOC(=O)[C@H](C)NP(=O)(COC(=O)OCc1ccccc1)Oc1ccccc1. The summed E-state index contributed by atoms with van der Waals surface area (Å²) in [5.74, 6) is -0.309. The monoisotopic (exact) mass is 421 g/mol. The Bertz CT molecular complexity index is 829. The Morgan fingerprint density at radius 1 is 0.966 bits per heavy atom. The number of rotatable bonds is 10. The summed E-state index contributed by atoms with van der Waals surface area (Å²) < 4.78 is 33.6. The van der Waals surface area contributed by atoms with Crippen LogP contribution in [0.25, 0.3) is 0 Å². The Kier molecular flexibility index (Phi) is 8.70. The van der Waals surface area contributed by atoms with E-state index in [4.69, 9.17) is 18.7 Å². The van der Waals surface area contributed by atoms with Crippen LogP contribution in [0.2, 0.25) is 0 Å². The van der Waals surface area contributed by atoms with E-state index >= 15 is 0 Å². The van der Waals surface area contributed by atoms with Gasteiger partial charge in [-0.25, -0.2) is 9.88 Å². The van der Waals surface area contributed by atoms with E-state index in [9.17, 15) is 14.2 Å². The number of hydrogen-bond acceptors (Lipinski definition) is 7. The van der Waals surface area contributed by atoms with Gasteiger partial charge in [0.05, 0.1) is 6.61 Å². The van der Waals surface area contributed by atoms with Crippen LogP contribution < -0.4 is 9.61 Å². The van der Waals surface area contributed by atoms with E-state index < -0.39 is 32.0 Å². The van der Waals surface area contributed by atoms with Gasteiger partial charge in [0.25, 0.3) is 0 Å². The molecule has 2 aromatic carbocycles. The molecule has 0 spiro atoms. The molecule has 0 aliphatic rings. The summed E-state index contributed by atoms with van der Waals surface area (Å²) in [6, 6.07) is 16.5. The lowest BCUT2D eigenvalue weighted by Crippen LogP contribution is -2.35. The van der Waals surface area contributed by atoms with Gasteiger partial charge in [-0.05, 0) is 31.5 Å². The maximum Gasteiger partial charge on any atom is 0.509 e. The molecule has 29 heavy (non-hydrogen) atoms. The van der Waals surface area contributed by atoms with Gasteiger partial charge >= 0.3 is 19.6 Å². The minimum absolute atomic E-state index is 0.0101. The molecule has 8 nitrogen and oxygen atoms in total. The van der Waals surface area contributed by atoms with E-state index in [0.717, 1.165) is 5.56 Å². The van der Waals surface area contributed by atoms with Crippen LogP contribution in [0.15, 0.2) is 60.7 Å². The van der Waals surface area contributed by atoms with Crippen molar-refractivity contribution in [1.29, 1.82) is 0 Å². The average Bonchev–Trinajstić information content (AvgIpc) is 2.72. The van der Waals surface area contributed by atoms with Crippen LogP contribution in [-0.2, 0) is 30.2 Å². The zero-order valence-corrected chi connectivity index (χ0v) is 17.2. The van der Waals surface area contributed by atoms with Crippen LogP contribution in [0.3, 0.4) is 0 Å². The fourth-order valence-electron chi connectivity index (χ4n) is 2.25. The number of carbonyl (C=O) groups is 2. The third-order valence-electron chi connectivity index (χ3n) is 3.58. The van der Waals surface area contributed by atoms with E-state index in [1.54, 1.807) is 49.4 Å². The molecule has 0 fully saturated rings. The number of para-hydroxylation sites is 1. The summed E-state index contributed by atoms with van der Waals surface area (Å²) >= 11 is 0. The van der Waals surface area contributed by atoms with Crippen LogP contribution in [-0.4, -0.2) is 31.1 Å². The number of benzene rings is 2. The number of ether oxygens (including phenoxy) is 3. The zero-order valence-electron chi connectivity index (χ0n) is 16.3. The molecule has 0 aliphatic heterocycles. The minimum atomic E-state index is -3.80. The molecule has 0 saturated heterocycles. The summed E-state index contributed by atoms with van der Waals surface area (Å²) in [7, 11) is -3.80. The molecule has 1 N–H and O–H groups in total. The molecule has 156 valence electrons. The fourth-order valence-corrected chi connectivity index (χ4v) is 3.87. The number of esters is 1. The standard InChI is InChI=1S/C20H24NO7P/c1-3-25-19(22)16(2)21-29(24,28-18-12-8-5-9-13-18)15-27-20(23)26-14-17-10-6-4-7-11-17/h4-13,16H,3,14-15H2,1-2H3,(H,21,24)/t16-,29?/m0/s1. The maximum atomic E-state index is 13.2. The van der Waals surface area contributed by atoms with Gasteiger partial charge in [0, 0.05) is 0 Å². The Morgan fingerprint density at radius 2 is 1.59 bits per heavy atom. The highest BCUT2D eigenvalue weighted by Crippen LogP contribution is 2.43. The molecule has 0 radical (unpaired) electrons. The van der Waals surface area contributed by atoms with Crippen LogP contribution in [0.4, 0.5) is 4.79 Å². The third-order valence-corrected chi connectivity index (χ3v) is 5.33. The molecule has 0 amide bonds. The van der Waals surface area contributed by atoms with Crippen molar-refractivity contribution in [2.75, 3.05) is 13.0 Å². The first-order valence-corrected chi connectivity index (χ1v) is 10.8. The number of hydrogen-bond donors (Lipinski definition) is 1. The van der Waals surface area contributed by atoms with Crippen molar-refractivity contribution in [1.82, 2.24) is 5.09 Å². The molecule has 1 unspecified atom stereocenters. The van der Waals surface area contributed by atoms with Crippen LogP contribution in [0.5, 0.6) is 5.75 Å². The first-order chi connectivity index (χ1) is 13.9. The first-order valence-electron chi connectivity index (χ1n) is 9.03. The van der Waals surface area contributed by atoms with E-state index in [1.807, 2.05) is 18.2 Å². The van der Waals surface area contributed by atoms with Gasteiger partial charge in [-0.2, -0.15) is 0 Å². The largest absolute Gasteiger partial charge is 0.509 e. The molecule has 9 heteroatoms. The Hall–Kier alpha value is -2.83. The van der Waals surface area contributed by atoms with Crippen molar-refractivity contribution in [3.8, 4) is 5.75 Å². The van der Waals surface area contributed by atoms with E-state index in [0.29, 0.717) is 5.75 Å². The van der Waals surface area contributed by atoms with E-state index in [1.165, 1.54) is 6.92 Å². The molecule has 2 atom stereocenters. The van der Waals surface area contributed by atoms with Crippen LogP contribution >= 0.6 is 7.52 Å². The van der Waals surface area contributed by atoms with Gasteiger partial charge in [-0.1, -0.05) is 48.5 Å². The normalized spacial score (nSPS) is 13.6. The van der Waals surface area contributed by atoms with Crippen molar-refractivity contribution in [2.24, 2.45) is 0 Å². The van der Waals surface area contributed by atoms with Crippen molar-refractivity contribution in [2.45, 2.75) is 26.5 Å². The summed E-state index contributed by atoms with van der Waals surface area (Å²) in [6.07, 6.45) is -1.63. The second kappa shape index (κ2) is 11.2. The molecule has 2 rings (SSSR count). The predicted octanol–water partition coefficient (Wildman–Crippen LogP) is 4.11. The van der Waals surface area contributed by atoms with E-state index in [-0.39, 0.29) is 13.2 Å². The molecule has 0 heterocycles. The van der Waals surface area contributed by atoms with E-state index in [2.05, 4.69) is 5.09 Å². The van der Waals surface area contributed by atoms with Crippen LogP contribution in [0.1, 0.15) is 19.4 Å². The van der Waals surface area contributed by atoms with Gasteiger partial charge in [-0.15, -0.1) is 0 Å². The Labute approximate surface area is 169 Å². The first kappa shape index (κ1) is 22.5. The lowest BCUT2D eigenvalue weighted by molar-refractivity contribution is -0.144. The van der Waals surface area contributed by atoms with Gasteiger partial charge in [0.2, 0.25) is 0 Å². The molecule has 0 bridgehead atoms. The molecule has 0 aliphatic carbocycles. The van der Waals surface area contributed by atoms with Crippen LogP contribution in [0, 0.1) is 0 Å². The highest BCUT2D eigenvalue weighted by atomic mass is 31.2. The quantitative estimate of drug-likeness (QED) is 0.452. The Morgan fingerprint density at radius 3 is 2.21 bits per heavy atom. The maximum absolute atomic E-state index is 13.2. The number of nitrogens with one attached hydrogen (secondary N) is 1. The second-order valence-electron chi connectivity index (χ2n) is 5.98. The minimum Gasteiger partial charge on any atom is -0.465 e. The van der Waals surface area contributed by atoms with Crippen molar-refractivity contribution in [3.05, 3.63) is 66.2 Å². The van der Waals surface area contributed by atoms with Gasteiger partial charge < -0.3 is 18.7 Å². The van der Waals surface area contributed by atoms with Crippen molar-refractivity contribution >= 4 is 19.6 Å². The highest BCUT2D eigenvalue weighted by molar-refractivity contribution is 7.57. The molecular formula is C20H24NO7P. The molecule has 2 aromatic rings. The van der Waals surface area contributed by atoms with Crippen molar-refractivity contribution < 1.29 is 32.9 Å². The lowest BCUT2D eigenvalue weighted by Gasteiger charge is -2.23. The highest BCUT2D eigenvalue weighted by Gasteiger charge is 2.32. The predicted molar refractivity (Wildman–Crippen MR) is 106 cm³/mol. The van der Waals surface area contributed by atoms with Gasteiger partial charge in [0.15, 0.2) is 6.35 Å². The molecule has 0 aromatic heterocycles. The smallest absolute Gasteiger partial charge is 0.465 e. The topological polar surface area (TPSA) is 100 Å². The molecule has 0 saturated carbocycles. The number of carbonyl (C=O) groups excluding carboxylic acids is 2. The Balaban J connectivity index is 1.99. The van der Waals surface area contributed by atoms with Gasteiger partial charge in [0.1, 0.15) is 18.4 Å². The second-order valence-corrected chi connectivity index (χ2v) is 8.02. The fraction of sp³-hybridized carbons (Fsp3) is 0.300. The summed E-state index contributed by atoms with van der Waals surface area (Å²) in [6.45, 7) is 3.33. The summed E-state index contributed by atoms with van der Waals surface area (Å²) in [4.78, 5) is 23.8. The summed E-state index contributed by atoms with van der Waals surface area (Å²) in [5, 5.41) is 2.58. The lowest BCUT2D eigenvalue weighted by atomic mass is 10.2. The summed E-state index contributed by atoms with van der Waals surface area (Å²) in [5.41, 5.74) is 0.780. The molecular weight excluding hydrogens is 397 g/mol.